The van der Waals surface area contributed by atoms with E-state index in [0.717, 1.165) is 22.7 Å². The number of hydrogen-bond acceptors (Lipinski definition) is 5. The molecule has 22 heavy (non-hydrogen) atoms. The van der Waals surface area contributed by atoms with Gasteiger partial charge in [0.2, 0.25) is 5.95 Å². The van der Waals surface area contributed by atoms with Gasteiger partial charge in [0.25, 0.3) is 0 Å². The van der Waals surface area contributed by atoms with E-state index in [2.05, 4.69) is 20.3 Å². The summed E-state index contributed by atoms with van der Waals surface area (Å²) in [6, 6.07) is 13.0. The van der Waals surface area contributed by atoms with Crippen LogP contribution in [0.15, 0.2) is 54.9 Å². The Labute approximate surface area is 133 Å². The van der Waals surface area contributed by atoms with Crippen LogP contribution in [0.2, 0.25) is 5.15 Å². The summed E-state index contributed by atoms with van der Waals surface area (Å²) < 4.78 is 5.20. The summed E-state index contributed by atoms with van der Waals surface area (Å²) in [6.45, 7) is 0. The summed E-state index contributed by atoms with van der Waals surface area (Å²) in [5.41, 5.74) is 2.50. The normalized spacial score (nSPS) is 10.3. The number of pyridine rings is 1. The second-order valence-corrected chi connectivity index (χ2v) is 4.88. The molecular weight excluding hydrogens is 300 g/mol. The van der Waals surface area contributed by atoms with Gasteiger partial charge in [0.1, 0.15) is 10.9 Å². The number of nitrogens with zero attached hydrogens (tertiary/aromatic N) is 3. The number of anilines is 2. The first-order valence-electron chi connectivity index (χ1n) is 6.60. The van der Waals surface area contributed by atoms with Gasteiger partial charge in [-0.2, -0.15) is 0 Å². The van der Waals surface area contributed by atoms with Gasteiger partial charge in [-0.15, -0.1) is 0 Å². The lowest BCUT2D eigenvalue weighted by Gasteiger charge is -2.08. The number of aromatic nitrogens is 3. The molecule has 1 aromatic carbocycles. The van der Waals surface area contributed by atoms with E-state index in [0.29, 0.717) is 11.1 Å². The Kier molecular flexibility index (Phi) is 4.16. The predicted molar refractivity (Wildman–Crippen MR) is 86.5 cm³/mol. The van der Waals surface area contributed by atoms with Crippen LogP contribution < -0.4 is 10.1 Å². The Balaban J connectivity index is 1.88. The highest BCUT2D eigenvalue weighted by Gasteiger charge is 2.04. The van der Waals surface area contributed by atoms with Gasteiger partial charge in [-0.25, -0.2) is 15.0 Å². The number of ether oxygens (including phenoxy) is 1. The van der Waals surface area contributed by atoms with Crippen molar-refractivity contribution in [3.63, 3.8) is 0 Å². The van der Waals surface area contributed by atoms with Crippen molar-refractivity contribution in [1.82, 2.24) is 15.0 Å². The molecule has 1 N–H and O–H groups in total. The maximum atomic E-state index is 5.91. The average molecular weight is 313 g/mol. The van der Waals surface area contributed by atoms with Crippen molar-refractivity contribution in [2.75, 3.05) is 12.4 Å². The molecule has 2 aromatic heterocycles. The molecule has 0 saturated heterocycles. The van der Waals surface area contributed by atoms with Crippen molar-refractivity contribution >= 4 is 23.2 Å². The van der Waals surface area contributed by atoms with Crippen molar-refractivity contribution in [1.29, 1.82) is 0 Å². The summed E-state index contributed by atoms with van der Waals surface area (Å²) in [4.78, 5) is 12.7. The van der Waals surface area contributed by atoms with Crippen LogP contribution in [0, 0.1) is 0 Å². The molecule has 3 rings (SSSR count). The summed E-state index contributed by atoms with van der Waals surface area (Å²) in [5, 5.41) is 3.58. The third-order valence-corrected chi connectivity index (χ3v) is 3.21. The lowest BCUT2D eigenvalue weighted by Crippen LogP contribution is -1.98. The van der Waals surface area contributed by atoms with Crippen LogP contribution >= 0.6 is 11.6 Å². The van der Waals surface area contributed by atoms with Crippen LogP contribution in [0.5, 0.6) is 5.75 Å². The standard InChI is InChI=1S/C16H13ClN4O/c1-22-13-4-2-3-12(10-13)20-16-19-8-6-14(21-16)11-5-7-18-15(17)9-11/h2-10H,1H3,(H,19,20,21). The molecule has 0 aliphatic heterocycles. The van der Waals surface area contributed by atoms with E-state index in [1.54, 1.807) is 25.6 Å². The van der Waals surface area contributed by atoms with Crippen LogP contribution in [0.3, 0.4) is 0 Å². The maximum Gasteiger partial charge on any atom is 0.227 e. The molecule has 110 valence electrons. The summed E-state index contributed by atoms with van der Waals surface area (Å²) >= 11 is 5.91. The highest BCUT2D eigenvalue weighted by atomic mass is 35.5. The molecule has 0 unspecified atom stereocenters. The number of nitrogens with one attached hydrogen (secondary N) is 1. The Hall–Kier alpha value is -2.66. The molecule has 0 fully saturated rings. The minimum absolute atomic E-state index is 0.429. The highest BCUT2D eigenvalue weighted by molar-refractivity contribution is 6.29. The van der Waals surface area contributed by atoms with Gasteiger partial charge in [0.15, 0.2) is 0 Å². The molecule has 2 heterocycles. The molecule has 0 atom stereocenters. The van der Waals surface area contributed by atoms with Crippen molar-refractivity contribution in [3.8, 4) is 17.0 Å². The molecule has 6 heteroatoms. The van der Waals surface area contributed by atoms with Crippen LogP contribution in [0.1, 0.15) is 0 Å². The third kappa shape index (κ3) is 3.32. The van der Waals surface area contributed by atoms with Crippen molar-refractivity contribution in [2.24, 2.45) is 0 Å². The predicted octanol–water partition coefficient (Wildman–Crippen LogP) is 3.94. The van der Waals surface area contributed by atoms with E-state index in [4.69, 9.17) is 16.3 Å². The van der Waals surface area contributed by atoms with E-state index in [1.807, 2.05) is 36.4 Å². The molecular formula is C16H13ClN4O. The number of benzene rings is 1. The monoisotopic (exact) mass is 312 g/mol. The third-order valence-electron chi connectivity index (χ3n) is 3.00. The van der Waals surface area contributed by atoms with Gasteiger partial charge in [-0.1, -0.05) is 17.7 Å². The molecule has 0 spiro atoms. The Morgan fingerprint density at radius 1 is 1.05 bits per heavy atom. The van der Waals surface area contributed by atoms with Gasteiger partial charge in [-0.05, 0) is 30.3 Å². The lowest BCUT2D eigenvalue weighted by atomic mass is 10.2. The van der Waals surface area contributed by atoms with Gasteiger partial charge in [0.05, 0.1) is 12.8 Å². The van der Waals surface area contributed by atoms with Gasteiger partial charge < -0.3 is 10.1 Å². The van der Waals surface area contributed by atoms with Crippen LogP contribution in [0.25, 0.3) is 11.3 Å². The largest absolute Gasteiger partial charge is 0.497 e. The summed E-state index contributed by atoms with van der Waals surface area (Å²) in [7, 11) is 1.63. The molecule has 0 aliphatic carbocycles. The zero-order chi connectivity index (χ0) is 15.4. The lowest BCUT2D eigenvalue weighted by molar-refractivity contribution is 0.415. The summed E-state index contributed by atoms with van der Waals surface area (Å²) in [6.07, 6.45) is 3.34. The second kappa shape index (κ2) is 6.41. The SMILES string of the molecule is COc1cccc(Nc2nccc(-c3ccnc(Cl)c3)n2)c1. The topological polar surface area (TPSA) is 59.9 Å². The Bertz CT molecular complexity index is 794. The molecule has 0 amide bonds. The maximum absolute atomic E-state index is 5.91. The first kappa shape index (κ1) is 14.3. The number of hydrogen-bond donors (Lipinski definition) is 1. The van der Waals surface area contributed by atoms with Crippen molar-refractivity contribution in [3.05, 3.63) is 60.0 Å². The molecule has 3 aromatic rings. The molecule has 0 aliphatic rings. The van der Waals surface area contributed by atoms with E-state index >= 15 is 0 Å². The second-order valence-electron chi connectivity index (χ2n) is 4.49. The van der Waals surface area contributed by atoms with Gasteiger partial charge in [-0.3, -0.25) is 0 Å². The minimum atomic E-state index is 0.429. The van der Waals surface area contributed by atoms with E-state index in [-0.39, 0.29) is 0 Å². The van der Waals surface area contributed by atoms with E-state index in [1.165, 1.54) is 0 Å². The fourth-order valence-corrected chi connectivity index (χ4v) is 2.15. The number of halogens is 1. The van der Waals surface area contributed by atoms with Crippen molar-refractivity contribution in [2.45, 2.75) is 0 Å². The van der Waals surface area contributed by atoms with Crippen LogP contribution in [-0.2, 0) is 0 Å². The van der Waals surface area contributed by atoms with Gasteiger partial charge in [0, 0.05) is 29.7 Å². The van der Waals surface area contributed by atoms with Gasteiger partial charge >= 0.3 is 0 Å². The fourth-order valence-electron chi connectivity index (χ4n) is 1.97. The number of methoxy groups -OCH3 is 1. The minimum Gasteiger partial charge on any atom is -0.497 e. The van der Waals surface area contributed by atoms with E-state index in [9.17, 15) is 0 Å². The van der Waals surface area contributed by atoms with Crippen molar-refractivity contribution < 1.29 is 4.74 Å². The van der Waals surface area contributed by atoms with Crippen LogP contribution in [0.4, 0.5) is 11.6 Å². The summed E-state index contributed by atoms with van der Waals surface area (Å²) in [5.74, 6) is 1.26. The molecule has 0 saturated carbocycles. The quantitative estimate of drug-likeness (QED) is 0.739. The first-order chi connectivity index (χ1) is 10.7. The molecule has 5 nitrogen and oxygen atoms in total. The molecule has 0 radical (unpaired) electrons. The Morgan fingerprint density at radius 2 is 1.91 bits per heavy atom. The zero-order valence-electron chi connectivity index (χ0n) is 11.8. The molecule has 0 bridgehead atoms. The zero-order valence-corrected chi connectivity index (χ0v) is 12.6. The average Bonchev–Trinajstić information content (AvgIpc) is 2.55. The van der Waals surface area contributed by atoms with Crippen LogP contribution in [-0.4, -0.2) is 22.1 Å². The van der Waals surface area contributed by atoms with E-state index < -0.39 is 0 Å². The Morgan fingerprint density at radius 3 is 2.73 bits per heavy atom. The first-order valence-corrected chi connectivity index (χ1v) is 6.98. The fraction of sp³-hybridized carbons (Fsp3) is 0.0625. The highest BCUT2D eigenvalue weighted by Crippen LogP contribution is 2.22. The number of rotatable bonds is 4. The smallest absolute Gasteiger partial charge is 0.227 e.